The van der Waals surface area contributed by atoms with Crippen LogP contribution < -0.4 is 0 Å². The van der Waals surface area contributed by atoms with Crippen molar-refractivity contribution in [2.75, 3.05) is 13.1 Å². The Labute approximate surface area is 111 Å². The molecule has 1 aliphatic heterocycles. The fraction of sp³-hybridized carbons (Fsp3) is 0.455. The van der Waals surface area contributed by atoms with Gasteiger partial charge in [-0.15, -0.1) is 11.3 Å². The summed E-state index contributed by atoms with van der Waals surface area (Å²) in [4.78, 5) is 25.3. The van der Waals surface area contributed by atoms with Gasteiger partial charge in [-0.05, 0) is 34.8 Å². The number of carboxylic acid groups (broad SMARTS) is 1. The van der Waals surface area contributed by atoms with Crippen LogP contribution in [0.2, 0.25) is 0 Å². The molecule has 0 aromatic carbocycles. The van der Waals surface area contributed by atoms with Crippen LogP contribution in [0.4, 0.5) is 0 Å². The van der Waals surface area contributed by atoms with Crippen LogP contribution in [0, 0.1) is 5.92 Å². The fourth-order valence-corrected chi connectivity index (χ4v) is 3.34. The number of halogens is 1. The summed E-state index contributed by atoms with van der Waals surface area (Å²) in [5, 5.41) is 10.8. The molecule has 1 atom stereocenters. The van der Waals surface area contributed by atoms with E-state index in [-0.39, 0.29) is 5.91 Å². The number of rotatable bonds is 2. The minimum atomic E-state index is -0.810. The van der Waals surface area contributed by atoms with Crippen molar-refractivity contribution in [3.05, 3.63) is 20.8 Å². The maximum Gasteiger partial charge on any atom is 0.308 e. The van der Waals surface area contributed by atoms with Crippen LogP contribution in [0.1, 0.15) is 22.5 Å². The molecule has 2 rings (SSSR count). The first-order valence-electron chi connectivity index (χ1n) is 5.34. The minimum absolute atomic E-state index is 0.0633. The lowest BCUT2D eigenvalue weighted by Crippen LogP contribution is -2.42. The highest BCUT2D eigenvalue weighted by atomic mass is 79.9. The van der Waals surface area contributed by atoms with Gasteiger partial charge in [-0.3, -0.25) is 9.59 Å². The molecule has 2 heterocycles. The van der Waals surface area contributed by atoms with Crippen molar-refractivity contribution in [2.24, 2.45) is 5.92 Å². The summed E-state index contributed by atoms with van der Waals surface area (Å²) in [6.45, 7) is 0.974. The fourth-order valence-electron chi connectivity index (χ4n) is 1.94. The molecular formula is C11H12BrNO3S. The Morgan fingerprint density at radius 3 is 2.88 bits per heavy atom. The topological polar surface area (TPSA) is 57.6 Å². The smallest absolute Gasteiger partial charge is 0.308 e. The number of thiophene rings is 1. The quantitative estimate of drug-likeness (QED) is 0.911. The van der Waals surface area contributed by atoms with Crippen molar-refractivity contribution in [1.29, 1.82) is 0 Å². The molecule has 1 fully saturated rings. The third-order valence-corrected chi connectivity index (χ3v) is 4.52. The summed E-state index contributed by atoms with van der Waals surface area (Å²) in [6.07, 6.45) is 1.42. The third-order valence-electron chi connectivity index (χ3n) is 2.84. The lowest BCUT2D eigenvalue weighted by molar-refractivity contribution is -0.143. The van der Waals surface area contributed by atoms with E-state index in [0.717, 1.165) is 10.9 Å². The Kier molecular flexibility index (Phi) is 3.83. The van der Waals surface area contributed by atoms with Crippen LogP contribution in [0.3, 0.4) is 0 Å². The Morgan fingerprint density at radius 1 is 1.53 bits per heavy atom. The van der Waals surface area contributed by atoms with Gasteiger partial charge >= 0.3 is 5.97 Å². The highest BCUT2D eigenvalue weighted by Crippen LogP contribution is 2.24. The molecule has 1 aliphatic rings. The lowest BCUT2D eigenvalue weighted by Gasteiger charge is -2.30. The first-order valence-corrected chi connectivity index (χ1v) is 7.01. The van der Waals surface area contributed by atoms with Gasteiger partial charge in [0, 0.05) is 22.9 Å². The first kappa shape index (κ1) is 12.6. The SMILES string of the molecule is O=C(O)C1CCCN(C(=O)c2cc(Br)cs2)C1. The molecule has 1 unspecified atom stereocenters. The van der Waals surface area contributed by atoms with Crippen molar-refractivity contribution in [2.45, 2.75) is 12.8 Å². The molecule has 0 bridgehead atoms. The number of amides is 1. The monoisotopic (exact) mass is 317 g/mol. The number of carbonyl (C=O) groups excluding carboxylic acids is 1. The molecule has 4 nitrogen and oxygen atoms in total. The van der Waals surface area contributed by atoms with Crippen LogP contribution >= 0.6 is 27.3 Å². The Hall–Kier alpha value is -0.880. The molecule has 1 aromatic rings. The average Bonchev–Trinajstić information content (AvgIpc) is 2.75. The van der Waals surface area contributed by atoms with E-state index in [0.29, 0.717) is 24.4 Å². The van der Waals surface area contributed by atoms with E-state index in [1.165, 1.54) is 11.3 Å². The predicted octanol–water partition coefficient (Wildman–Crippen LogP) is 2.45. The number of likely N-dealkylation sites (tertiary alicyclic amines) is 1. The van der Waals surface area contributed by atoms with Crippen molar-refractivity contribution >= 4 is 39.1 Å². The number of hydrogen-bond acceptors (Lipinski definition) is 3. The zero-order valence-electron chi connectivity index (χ0n) is 9.06. The van der Waals surface area contributed by atoms with Crippen LogP contribution in [-0.4, -0.2) is 35.0 Å². The standard InChI is InChI=1S/C11H12BrNO3S/c12-8-4-9(17-6-8)10(14)13-3-1-2-7(5-13)11(15)16/h4,6-7H,1-3,5H2,(H,15,16). The number of nitrogens with zero attached hydrogens (tertiary/aromatic N) is 1. The van der Waals surface area contributed by atoms with Gasteiger partial charge in [0.25, 0.3) is 5.91 Å². The van der Waals surface area contributed by atoms with Gasteiger partial charge in [0.2, 0.25) is 0 Å². The highest BCUT2D eigenvalue weighted by Gasteiger charge is 2.29. The molecule has 1 aromatic heterocycles. The van der Waals surface area contributed by atoms with E-state index in [4.69, 9.17) is 5.11 Å². The minimum Gasteiger partial charge on any atom is -0.481 e. The Morgan fingerprint density at radius 2 is 2.29 bits per heavy atom. The molecule has 0 saturated carbocycles. The molecule has 0 radical (unpaired) electrons. The largest absolute Gasteiger partial charge is 0.481 e. The molecule has 17 heavy (non-hydrogen) atoms. The molecule has 92 valence electrons. The summed E-state index contributed by atoms with van der Waals surface area (Å²) in [5.41, 5.74) is 0. The predicted molar refractivity (Wildman–Crippen MR) is 68.3 cm³/mol. The molecule has 1 N–H and O–H groups in total. The molecule has 1 saturated heterocycles. The van der Waals surface area contributed by atoms with E-state index in [1.54, 1.807) is 11.0 Å². The van der Waals surface area contributed by atoms with E-state index in [9.17, 15) is 9.59 Å². The van der Waals surface area contributed by atoms with Crippen molar-refractivity contribution in [3.8, 4) is 0 Å². The van der Waals surface area contributed by atoms with Gasteiger partial charge < -0.3 is 10.0 Å². The summed E-state index contributed by atoms with van der Waals surface area (Å²) in [6, 6.07) is 1.78. The summed E-state index contributed by atoms with van der Waals surface area (Å²) >= 11 is 4.68. The Balaban J connectivity index is 2.07. The normalized spacial score (nSPS) is 20.3. The van der Waals surface area contributed by atoms with Gasteiger partial charge in [0.15, 0.2) is 0 Å². The van der Waals surface area contributed by atoms with Crippen molar-refractivity contribution in [1.82, 2.24) is 4.90 Å². The zero-order valence-corrected chi connectivity index (χ0v) is 11.5. The Bertz CT molecular complexity index is 446. The molecular weight excluding hydrogens is 306 g/mol. The van der Waals surface area contributed by atoms with Crippen LogP contribution in [0.25, 0.3) is 0 Å². The highest BCUT2D eigenvalue weighted by molar-refractivity contribution is 9.10. The van der Waals surface area contributed by atoms with E-state index >= 15 is 0 Å². The second-order valence-corrected chi connectivity index (χ2v) is 5.88. The van der Waals surface area contributed by atoms with Crippen LogP contribution in [0.5, 0.6) is 0 Å². The molecule has 0 spiro atoms. The summed E-state index contributed by atoms with van der Waals surface area (Å²) in [5.74, 6) is -1.29. The van der Waals surface area contributed by atoms with Gasteiger partial charge in [0.1, 0.15) is 0 Å². The number of aliphatic carboxylic acids is 1. The molecule has 6 heteroatoms. The van der Waals surface area contributed by atoms with Gasteiger partial charge in [-0.1, -0.05) is 0 Å². The molecule has 0 aliphatic carbocycles. The molecule has 1 amide bonds. The van der Waals surface area contributed by atoms with Crippen LogP contribution in [-0.2, 0) is 4.79 Å². The maximum absolute atomic E-state index is 12.1. The second kappa shape index (κ2) is 5.18. The number of carboxylic acids is 1. The first-order chi connectivity index (χ1) is 8.08. The average molecular weight is 318 g/mol. The van der Waals surface area contributed by atoms with E-state index in [2.05, 4.69) is 15.9 Å². The number of piperidine rings is 1. The van der Waals surface area contributed by atoms with Crippen LogP contribution in [0.15, 0.2) is 15.9 Å². The van der Waals surface area contributed by atoms with E-state index < -0.39 is 11.9 Å². The maximum atomic E-state index is 12.1. The number of hydrogen-bond donors (Lipinski definition) is 1. The van der Waals surface area contributed by atoms with Crippen molar-refractivity contribution in [3.63, 3.8) is 0 Å². The number of carbonyl (C=O) groups is 2. The van der Waals surface area contributed by atoms with Gasteiger partial charge in [-0.25, -0.2) is 0 Å². The van der Waals surface area contributed by atoms with E-state index in [1.807, 2.05) is 5.38 Å². The van der Waals surface area contributed by atoms with Gasteiger partial charge in [-0.2, -0.15) is 0 Å². The lowest BCUT2D eigenvalue weighted by atomic mass is 9.98. The summed E-state index contributed by atoms with van der Waals surface area (Å²) < 4.78 is 0.887. The van der Waals surface area contributed by atoms with Crippen molar-refractivity contribution < 1.29 is 14.7 Å². The summed E-state index contributed by atoms with van der Waals surface area (Å²) in [7, 11) is 0. The van der Waals surface area contributed by atoms with Gasteiger partial charge in [0.05, 0.1) is 10.8 Å². The third kappa shape index (κ3) is 2.87. The zero-order chi connectivity index (χ0) is 12.4. The second-order valence-electron chi connectivity index (χ2n) is 4.06.